The van der Waals surface area contributed by atoms with E-state index in [1.54, 1.807) is 0 Å². The normalized spacial score (nSPS) is 39.5. The zero-order valence-corrected chi connectivity index (χ0v) is 7.63. The van der Waals surface area contributed by atoms with E-state index in [0.717, 1.165) is 12.8 Å². The number of hydrogen-bond donors (Lipinski definition) is 2. The minimum Gasteiger partial charge on any atom is -0.393 e. The summed E-state index contributed by atoms with van der Waals surface area (Å²) in [6.45, 7) is 0. The van der Waals surface area contributed by atoms with Crippen LogP contribution in [0.5, 0.6) is 0 Å². The molecule has 2 atom stereocenters. The van der Waals surface area contributed by atoms with Crippen LogP contribution >= 0.6 is 0 Å². The minimum absolute atomic E-state index is 0.0558. The van der Waals surface area contributed by atoms with Gasteiger partial charge < -0.3 is 10.8 Å². The van der Waals surface area contributed by atoms with Crippen molar-refractivity contribution in [2.75, 3.05) is 0 Å². The molecule has 2 unspecified atom stereocenters. The van der Waals surface area contributed by atoms with Crippen LogP contribution in [0.15, 0.2) is 0 Å². The third-order valence-electron chi connectivity index (χ3n) is 3.43. The van der Waals surface area contributed by atoms with E-state index in [9.17, 15) is 5.11 Å². The second-order valence-electron chi connectivity index (χ2n) is 4.68. The Hall–Kier alpha value is -0.0800. The van der Waals surface area contributed by atoms with E-state index in [0.29, 0.717) is 5.92 Å². The molecule has 0 aliphatic heterocycles. The average Bonchev–Trinajstić information content (AvgIpc) is 2.74. The molecule has 0 heterocycles. The molecule has 0 bridgehead atoms. The lowest BCUT2D eigenvalue weighted by Gasteiger charge is -2.29. The second kappa shape index (κ2) is 3.00. The van der Waals surface area contributed by atoms with E-state index in [4.69, 9.17) is 5.73 Å². The SMILES string of the molecule is NC1(CC2CCCCC2O)CC1. The van der Waals surface area contributed by atoms with Crippen molar-refractivity contribution >= 4 is 0 Å². The zero-order valence-electron chi connectivity index (χ0n) is 7.63. The van der Waals surface area contributed by atoms with Gasteiger partial charge >= 0.3 is 0 Å². The van der Waals surface area contributed by atoms with Gasteiger partial charge in [0.1, 0.15) is 0 Å². The molecule has 0 aromatic rings. The predicted molar refractivity (Wildman–Crippen MR) is 48.7 cm³/mol. The Morgan fingerprint density at radius 2 is 1.92 bits per heavy atom. The van der Waals surface area contributed by atoms with Gasteiger partial charge in [-0.15, -0.1) is 0 Å². The summed E-state index contributed by atoms with van der Waals surface area (Å²) in [7, 11) is 0. The molecule has 0 spiro atoms. The summed E-state index contributed by atoms with van der Waals surface area (Å²) in [4.78, 5) is 0. The summed E-state index contributed by atoms with van der Waals surface area (Å²) >= 11 is 0. The first-order valence-electron chi connectivity index (χ1n) is 5.17. The Kier molecular flexibility index (Phi) is 2.13. The highest BCUT2D eigenvalue weighted by Crippen LogP contribution is 2.41. The molecule has 2 fully saturated rings. The van der Waals surface area contributed by atoms with Gasteiger partial charge in [0.2, 0.25) is 0 Å². The molecule has 0 amide bonds. The molecule has 0 aromatic carbocycles. The molecule has 70 valence electrons. The fraction of sp³-hybridized carbons (Fsp3) is 1.00. The molecular weight excluding hydrogens is 150 g/mol. The molecule has 2 heteroatoms. The Bertz CT molecular complexity index is 165. The zero-order chi connectivity index (χ0) is 8.60. The monoisotopic (exact) mass is 169 g/mol. The van der Waals surface area contributed by atoms with Crippen molar-refractivity contribution in [2.45, 2.75) is 56.6 Å². The first-order valence-corrected chi connectivity index (χ1v) is 5.17. The average molecular weight is 169 g/mol. The van der Waals surface area contributed by atoms with Crippen LogP contribution in [0.4, 0.5) is 0 Å². The third kappa shape index (κ3) is 1.80. The van der Waals surface area contributed by atoms with Crippen molar-refractivity contribution in [1.82, 2.24) is 0 Å². The number of aliphatic hydroxyl groups excluding tert-OH is 1. The number of nitrogens with two attached hydrogens (primary N) is 1. The summed E-state index contributed by atoms with van der Waals surface area (Å²) in [6.07, 6.45) is 8.05. The van der Waals surface area contributed by atoms with Crippen molar-refractivity contribution in [3.05, 3.63) is 0 Å². The maximum Gasteiger partial charge on any atom is 0.0569 e. The van der Waals surface area contributed by atoms with Gasteiger partial charge in [-0.1, -0.05) is 12.8 Å². The number of hydrogen-bond acceptors (Lipinski definition) is 2. The summed E-state index contributed by atoms with van der Waals surface area (Å²) < 4.78 is 0. The lowest BCUT2D eigenvalue weighted by Crippen LogP contribution is -2.33. The molecule has 3 N–H and O–H groups in total. The van der Waals surface area contributed by atoms with Gasteiger partial charge in [-0.25, -0.2) is 0 Å². The van der Waals surface area contributed by atoms with E-state index in [-0.39, 0.29) is 11.6 Å². The van der Waals surface area contributed by atoms with Crippen molar-refractivity contribution < 1.29 is 5.11 Å². The van der Waals surface area contributed by atoms with Gasteiger partial charge in [0.15, 0.2) is 0 Å². The highest BCUT2D eigenvalue weighted by atomic mass is 16.3. The maximum absolute atomic E-state index is 9.70. The van der Waals surface area contributed by atoms with Crippen LogP contribution < -0.4 is 5.73 Å². The molecule has 2 saturated carbocycles. The van der Waals surface area contributed by atoms with Gasteiger partial charge in [0, 0.05) is 5.54 Å². The van der Waals surface area contributed by atoms with E-state index in [2.05, 4.69) is 0 Å². The van der Waals surface area contributed by atoms with Crippen molar-refractivity contribution in [3.8, 4) is 0 Å². The lowest BCUT2D eigenvalue weighted by molar-refractivity contribution is 0.0601. The summed E-state index contributed by atoms with van der Waals surface area (Å²) in [5.74, 6) is 0.506. The van der Waals surface area contributed by atoms with E-state index < -0.39 is 0 Å². The third-order valence-corrected chi connectivity index (χ3v) is 3.43. The largest absolute Gasteiger partial charge is 0.393 e. The topological polar surface area (TPSA) is 46.2 Å². The number of rotatable bonds is 2. The molecule has 12 heavy (non-hydrogen) atoms. The van der Waals surface area contributed by atoms with Gasteiger partial charge in [0.05, 0.1) is 6.10 Å². The summed E-state index contributed by atoms with van der Waals surface area (Å²) in [5.41, 5.74) is 6.16. The molecular formula is C10H19NO. The van der Waals surface area contributed by atoms with Crippen molar-refractivity contribution in [1.29, 1.82) is 0 Å². The van der Waals surface area contributed by atoms with Crippen molar-refractivity contribution in [3.63, 3.8) is 0 Å². The van der Waals surface area contributed by atoms with E-state index in [1.165, 1.54) is 32.1 Å². The highest BCUT2D eigenvalue weighted by molar-refractivity contribution is 5.01. The Morgan fingerprint density at radius 1 is 1.25 bits per heavy atom. The number of aliphatic hydroxyl groups is 1. The standard InChI is InChI=1S/C10H19NO/c11-10(5-6-10)7-8-3-1-2-4-9(8)12/h8-9,12H,1-7,11H2. The fourth-order valence-corrected chi connectivity index (χ4v) is 2.31. The van der Waals surface area contributed by atoms with Gasteiger partial charge in [-0.05, 0) is 38.0 Å². The second-order valence-corrected chi connectivity index (χ2v) is 4.68. The van der Waals surface area contributed by atoms with E-state index >= 15 is 0 Å². The maximum atomic E-state index is 9.70. The molecule has 2 aliphatic carbocycles. The summed E-state index contributed by atoms with van der Waals surface area (Å²) in [6, 6.07) is 0. The quantitative estimate of drug-likeness (QED) is 0.656. The van der Waals surface area contributed by atoms with Crippen LogP contribution in [0.25, 0.3) is 0 Å². The molecule has 2 rings (SSSR count). The fourth-order valence-electron chi connectivity index (χ4n) is 2.31. The molecule has 2 nitrogen and oxygen atoms in total. The Morgan fingerprint density at radius 3 is 2.50 bits per heavy atom. The molecule has 0 aromatic heterocycles. The van der Waals surface area contributed by atoms with Crippen molar-refractivity contribution in [2.24, 2.45) is 11.7 Å². The van der Waals surface area contributed by atoms with Gasteiger partial charge in [-0.2, -0.15) is 0 Å². The predicted octanol–water partition coefficient (Wildman–Crippen LogP) is 1.42. The molecule has 0 radical (unpaired) electrons. The Labute approximate surface area is 74.1 Å². The lowest BCUT2D eigenvalue weighted by atomic mass is 9.82. The van der Waals surface area contributed by atoms with Crippen LogP contribution in [-0.4, -0.2) is 16.7 Å². The highest BCUT2D eigenvalue weighted by Gasteiger charge is 2.41. The van der Waals surface area contributed by atoms with Crippen LogP contribution in [0, 0.1) is 5.92 Å². The summed E-state index contributed by atoms with van der Waals surface area (Å²) in [5, 5.41) is 9.70. The van der Waals surface area contributed by atoms with Crippen LogP contribution in [0.1, 0.15) is 44.9 Å². The van der Waals surface area contributed by atoms with Crippen LogP contribution in [0.2, 0.25) is 0 Å². The van der Waals surface area contributed by atoms with Gasteiger partial charge in [0.25, 0.3) is 0 Å². The minimum atomic E-state index is -0.0558. The molecule has 2 aliphatic rings. The first-order chi connectivity index (χ1) is 5.70. The Balaban J connectivity index is 1.84. The first kappa shape index (κ1) is 8.52. The van der Waals surface area contributed by atoms with Crippen LogP contribution in [0.3, 0.4) is 0 Å². The molecule has 0 saturated heterocycles. The van der Waals surface area contributed by atoms with Gasteiger partial charge in [-0.3, -0.25) is 0 Å². The van der Waals surface area contributed by atoms with E-state index in [1.807, 2.05) is 0 Å². The smallest absolute Gasteiger partial charge is 0.0569 e. The van der Waals surface area contributed by atoms with Crippen LogP contribution in [-0.2, 0) is 0 Å².